The van der Waals surface area contributed by atoms with Crippen molar-refractivity contribution in [3.8, 4) is 0 Å². The minimum Gasteiger partial charge on any atom is -0.371 e. The number of pyridine rings is 1. The van der Waals surface area contributed by atoms with Crippen LogP contribution in [0.1, 0.15) is 15.9 Å². The van der Waals surface area contributed by atoms with Crippen LogP contribution in [-0.4, -0.2) is 39.7 Å². The Labute approximate surface area is 116 Å². The number of nitrogens with zero attached hydrogens (tertiary/aromatic N) is 4. The number of amides is 1. The Morgan fingerprint density at radius 1 is 1.55 bits per heavy atom. The van der Waals surface area contributed by atoms with E-state index in [0.717, 1.165) is 5.56 Å². The largest absolute Gasteiger partial charge is 0.371 e. The molecule has 0 saturated heterocycles. The molecule has 2 heterocycles. The van der Waals surface area contributed by atoms with Crippen LogP contribution in [0.25, 0.3) is 0 Å². The molecule has 2 rings (SSSR count). The fraction of sp³-hybridized carbons (Fsp3) is 0.308. The van der Waals surface area contributed by atoms with Gasteiger partial charge in [-0.15, -0.1) is 0 Å². The van der Waals surface area contributed by atoms with Crippen LogP contribution in [0.4, 0.5) is 10.2 Å². The quantitative estimate of drug-likeness (QED) is 0.914. The zero-order chi connectivity index (χ0) is 14.7. The van der Waals surface area contributed by atoms with Gasteiger partial charge in [-0.1, -0.05) is 0 Å². The van der Waals surface area contributed by atoms with Crippen molar-refractivity contribution in [2.75, 3.05) is 19.4 Å². The molecule has 1 N–H and O–H groups in total. The molecule has 0 radical (unpaired) electrons. The van der Waals surface area contributed by atoms with E-state index in [2.05, 4.69) is 15.4 Å². The van der Waals surface area contributed by atoms with Crippen molar-refractivity contribution in [2.24, 2.45) is 7.05 Å². The first-order valence-electron chi connectivity index (χ1n) is 6.08. The fourth-order valence-corrected chi connectivity index (χ4v) is 1.89. The lowest BCUT2D eigenvalue weighted by atomic mass is 10.2. The van der Waals surface area contributed by atoms with Gasteiger partial charge in [0.15, 0.2) is 11.6 Å². The molecule has 0 fully saturated rings. The van der Waals surface area contributed by atoms with Crippen LogP contribution in [0.15, 0.2) is 24.7 Å². The monoisotopic (exact) mass is 277 g/mol. The van der Waals surface area contributed by atoms with E-state index in [4.69, 9.17) is 0 Å². The maximum absolute atomic E-state index is 14.0. The summed E-state index contributed by atoms with van der Waals surface area (Å²) in [5.74, 6) is -0.978. The summed E-state index contributed by atoms with van der Waals surface area (Å²) in [7, 11) is 4.97. The van der Waals surface area contributed by atoms with Gasteiger partial charge in [-0.05, 0) is 6.07 Å². The van der Waals surface area contributed by atoms with E-state index >= 15 is 0 Å². The van der Waals surface area contributed by atoms with E-state index in [1.54, 1.807) is 32.0 Å². The SMILES string of the molecule is CNc1nccc(C(=O)N(C)Cc2cnn(C)c2)c1F. The summed E-state index contributed by atoms with van der Waals surface area (Å²) < 4.78 is 15.7. The molecule has 0 aliphatic rings. The Bertz CT molecular complexity index is 625. The first-order valence-corrected chi connectivity index (χ1v) is 6.08. The smallest absolute Gasteiger partial charge is 0.257 e. The van der Waals surface area contributed by atoms with Crippen LogP contribution in [-0.2, 0) is 13.6 Å². The molecule has 0 atom stereocenters. The predicted molar refractivity (Wildman–Crippen MR) is 72.7 cm³/mol. The Hall–Kier alpha value is -2.44. The van der Waals surface area contributed by atoms with Crippen molar-refractivity contribution in [3.63, 3.8) is 0 Å². The van der Waals surface area contributed by atoms with E-state index in [1.807, 2.05) is 6.20 Å². The highest BCUT2D eigenvalue weighted by Crippen LogP contribution is 2.16. The lowest BCUT2D eigenvalue weighted by molar-refractivity contribution is 0.0780. The number of hydrogen-bond acceptors (Lipinski definition) is 4. The Morgan fingerprint density at radius 2 is 2.30 bits per heavy atom. The second kappa shape index (κ2) is 5.68. The lowest BCUT2D eigenvalue weighted by Gasteiger charge is -2.17. The standard InChI is InChI=1S/C13H16FN5O/c1-15-12-11(14)10(4-5-16-12)13(20)18(2)7-9-6-17-19(3)8-9/h4-6,8H,7H2,1-3H3,(H,15,16). The molecule has 2 aromatic rings. The Morgan fingerprint density at radius 3 is 2.90 bits per heavy atom. The summed E-state index contributed by atoms with van der Waals surface area (Å²) in [6, 6.07) is 1.37. The van der Waals surface area contributed by atoms with E-state index in [-0.39, 0.29) is 11.4 Å². The summed E-state index contributed by atoms with van der Waals surface area (Å²) in [6.45, 7) is 0.364. The lowest BCUT2D eigenvalue weighted by Crippen LogP contribution is -2.27. The van der Waals surface area contributed by atoms with E-state index < -0.39 is 11.7 Å². The first kappa shape index (κ1) is 14.0. The number of nitrogens with one attached hydrogen (secondary N) is 1. The molecule has 0 aromatic carbocycles. The number of rotatable bonds is 4. The molecule has 106 valence electrons. The van der Waals surface area contributed by atoms with Gasteiger partial charge in [0, 0.05) is 45.6 Å². The van der Waals surface area contributed by atoms with Gasteiger partial charge in [-0.2, -0.15) is 5.10 Å². The molecule has 0 bridgehead atoms. The highest BCUT2D eigenvalue weighted by atomic mass is 19.1. The van der Waals surface area contributed by atoms with Crippen LogP contribution >= 0.6 is 0 Å². The van der Waals surface area contributed by atoms with Gasteiger partial charge in [-0.3, -0.25) is 9.48 Å². The van der Waals surface area contributed by atoms with E-state index in [9.17, 15) is 9.18 Å². The molecule has 20 heavy (non-hydrogen) atoms. The summed E-state index contributed by atoms with van der Waals surface area (Å²) in [4.78, 5) is 17.5. The molecule has 0 saturated carbocycles. The molecule has 2 aromatic heterocycles. The highest BCUT2D eigenvalue weighted by molar-refractivity contribution is 5.95. The van der Waals surface area contributed by atoms with Crippen molar-refractivity contribution < 1.29 is 9.18 Å². The normalized spacial score (nSPS) is 10.4. The summed E-state index contributed by atoms with van der Waals surface area (Å²) >= 11 is 0. The van der Waals surface area contributed by atoms with Gasteiger partial charge < -0.3 is 10.2 Å². The molecule has 0 aliphatic carbocycles. The van der Waals surface area contributed by atoms with Gasteiger partial charge in [-0.25, -0.2) is 9.37 Å². The molecular formula is C13H16FN5O. The van der Waals surface area contributed by atoms with Gasteiger partial charge in [0.05, 0.1) is 11.8 Å². The van der Waals surface area contributed by atoms with Crippen molar-refractivity contribution in [1.82, 2.24) is 19.7 Å². The van der Waals surface area contributed by atoms with Crippen molar-refractivity contribution in [3.05, 3.63) is 41.6 Å². The predicted octanol–water partition coefficient (Wildman–Crippen LogP) is 1.27. The number of anilines is 1. The zero-order valence-electron chi connectivity index (χ0n) is 11.6. The molecule has 6 nitrogen and oxygen atoms in total. The van der Waals surface area contributed by atoms with E-state index in [0.29, 0.717) is 6.54 Å². The Kier molecular flexibility index (Phi) is 3.97. The fourth-order valence-electron chi connectivity index (χ4n) is 1.89. The first-order chi connectivity index (χ1) is 9.52. The molecule has 0 spiro atoms. The number of carbonyl (C=O) groups excluding carboxylic acids is 1. The molecule has 7 heteroatoms. The molecule has 0 aliphatic heterocycles. The number of aryl methyl sites for hydroxylation is 1. The highest BCUT2D eigenvalue weighted by Gasteiger charge is 2.19. The molecule has 1 amide bonds. The minimum atomic E-state index is -0.641. The van der Waals surface area contributed by atoms with Gasteiger partial charge in [0.2, 0.25) is 0 Å². The summed E-state index contributed by atoms with van der Waals surface area (Å²) in [5.41, 5.74) is 0.877. The van der Waals surface area contributed by atoms with Crippen LogP contribution in [0.3, 0.4) is 0 Å². The number of hydrogen-bond donors (Lipinski definition) is 1. The van der Waals surface area contributed by atoms with Gasteiger partial charge >= 0.3 is 0 Å². The third-order valence-electron chi connectivity index (χ3n) is 2.88. The summed E-state index contributed by atoms with van der Waals surface area (Å²) in [6.07, 6.45) is 4.89. The molecule has 0 unspecified atom stereocenters. The number of carbonyl (C=O) groups is 1. The molecular weight excluding hydrogens is 261 g/mol. The topological polar surface area (TPSA) is 63.1 Å². The average molecular weight is 277 g/mol. The van der Waals surface area contributed by atoms with Crippen molar-refractivity contribution >= 4 is 11.7 Å². The van der Waals surface area contributed by atoms with Crippen LogP contribution in [0, 0.1) is 5.82 Å². The number of halogens is 1. The third-order valence-corrected chi connectivity index (χ3v) is 2.88. The number of aromatic nitrogens is 3. The van der Waals surface area contributed by atoms with Crippen LogP contribution in [0.5, 0.6) is 0 Å². The second-order valence-electron chi connectivity index (χ2n) is 4.45. The third kappa shape index (κ3) is 2.76. The van der Waals surface area contributed by atoms with Gasteiger partial charge in [0.25, 0.3) is 5.91 Å². The van der Waals surface area contributed by atoms with Crippen LogP contribution < -0.4 is 5.32 Å². The summed E-state index contributed by atoms with van der Waals surface area (Å²) in [5, 5.41) is 6.64. The average Bonchev–Trinajstić information content (AvgIpc) is 2.83. The maximum Gasteiger partial charge on any atom is 0.257 e. The van der Waals surface area contributed by atoms with E-state index in [1.165, 1.54) is 17.2 Å². The second-order valence-corrected chi connectivity index (χ2v) is 4.45. The Balaban J connectivity index is 2.18. The zero-order valence-corrected chi connectivity index (χ0v) is 11.6. The van der Waals surface area contributed by atoms with Crippen LogP contribution in [0.2, 0.25) is 0 Å². The maximum atomic E-state index is 14.0. The van der Waals surface area contributed by atoms with Crippen molar-refractivity contribution in [1.29, 1.82) is 0 Å². The minimum absolute atomic E-state index is 0.00394. The van der Waals surface area contributed by atoms with Gasteiger partial charge in [0.1, 0.15) is 0 Å². The van der Waals surface area contributed by atoms with Crippen molar-refractivity contribution in [2.45, 2.75) is 6.54 Å².